The number of nitro benzene ring substituents is 1. The third-order valence-corrected chi connectivity index (χ3v) is 6.22. The van der Waals surface area contributed by atoms with E-state index in [9.17, 15) is 24.5 Å². The molecule has 1 unspecified atom stereocenters. The molecule has 1 aromatic heterocycles. The monoisotopic (exact) mass is 459 g/mol. The Labute approximate surface area is 187 Å². The lowest BCUT2D eigenvalue weighted by Gasteiger charge is -2.37. The van der Waals surface area contributed by atoms with Crippen LogP contribution in [0.4, 0.5) is 10.7 Å². The first-order valence-electron chi connectivity index (χ1n) is 9.80. The van der Waals surface area contributed by atoms with E-state index < -0.39 is 39.6 Å². The summed E-state index contributed by atoms with van der Waals surface area (Å²) in [5, 5.41) is 11.9. The van der Waals surface area contributed by atoms with Crippen molar-refractivity contribution in [3.63, 3.8) is 0 Å². The lowest BCUT2D eigenvalue weighted by Crippen LogP contribution is -2.60. The van der Waals surface area contributed by atoms with Crippen molar-refractivity contribution in [2.75, 3.05) is 5.73 Å². The summed E-state index contributed by atoms with van der Waals surface area (Å²) >= 11 is 1.29. The van der Waals surface area contributed by atoms with Crippen LogP contribution in [0.1, 0.15) is 47.1 Å². The minimum Gasteiger partial charge on any atom is -0.457 e. The molecule has 1 aromatic carbocycles. The second-order valence-corrected chi connectivity index (χ2v) is 9.82. The Morgan fingerprint density at radius 2 is 2.03 bits per heavy atom. The molecule has 0 aliphatic carbocycles. The molecular weight excluding hydrogens is 438 g/mol. The third-order valence-electron chi connectivity index (χ3n) is 5.24. The Hall–Kier alpha value is -3.31. The molecule has 2 amide bonds. The van der Waals surface area contributed by atoms with Crippen molar-refractivity contribution in [1.29, 1.82) is 0 Å². The van der Waals surface area contributed by atoms with Gasteiger partial charge in [-0.3, -0.25) is 24.6 Å². The predicted molar refractivity (Wildman–Crippen MR) is 114 cm³/mol. The number of fused-ring (bicyclic) bond motifs is 2. The van der Waals surface area contributed by atoms with Gasteiger partial charge in [-0.15, -0.1) is 11.3 Å². The van der Waals surface area contributed by atoms with Gasteiger partial charge in [0.1, 0.15) is 11.2 Å². The highest BCUT2D eigenvalue weighted by Gasteiger charge is 2.57. The van der Waals surface area contributed by atoms with Crippen molar-refractivity contribution in [3.05, 3.63) is 55.9 Å². The topological polar surface area (TPSA) is 142 Å². The largest absolute Gasteiger partial charge is 0.457 e. The number of thiophene rings is 1. The number of carbonyl (C=O) groups is 3. The zero-order valence-corrected chi connectivity index (χ0v) is 18.5. The highest BCUT2D eigenvalue weighted by molar-refractivity contribution is 7.16. The fraction of sp³-hybridized carbons (Fsp3) is 0.381. The molecule has 0 saturated carbocycles. The predicted octanol–water partition coefficient (Wildman–Crippen LogP) is 2.57. The number of hydrogen-bond donors (Lipinski definition) is 1. The molecule has 2 aromatic rings. The zero-order valence-electron chi connectivity index (χ0n) is 17.7. The standard InChI is InChI=1S/C21H21N3O7S/c1-20(2,3)31-19(27)21(8-12-7-15(22)32-14(12)10-30-21)18(26)23-9-11-5-4-6-13(24(28)29)16(11)17(23)25/h4-7H,8-10,22H2,1-3H3. The molecule has 11 heteroatoms. The van der Waals surface area contributed by atoms with Gasteiger partial charge in [0.25, 0.3) is 17.5 Å². The van der Waals surface area contributed by atoms with Crippen LogP contribution < -0.4 is 5.73 Å². The summed E-state index contributed by atoms with van der Waals surface area (Å²) in [5.74, 6) is -2.69. The first-order valence-corrected chi connectivity index (χ1v) is 10.6. The van der Waals surface area contributed by atoms with E-state index in [0.717, 1.165) is 9.78 Å². The first-order chi connectivity index (χ1) is 14.9. The average molecular weight is 459 g/mol. The molecule has 168 valence electrons. The van der Waals surface area contributed by atoms with Crippen molar-refractivity contribution in [1.82, 2.24) is 4.90 Å². The van der Waals surface area contributed by atoms with Gasteiger partial charge in [-0.05, 0) is 38.0 Å². The maximum Gasteiger partial charge on any atom is 0.349 e. The summed E-state index contributed by atoms with van der Waals surface area (Å²) in [6.45, 7) is 4.69. The van der Waals surface area contributed by atoms with Crippen molar-refractivity contribution < 1.29 is 28.8 Å². The van der Waals surface area contributed by atoms with Gasteiger partial charge in [-0.2, -0.15) is 0 Å². The lowest BCUT2D eigenvalue weighted by atomic mass is 9.90. The number of ether oxygens (including phenoxy) is 2. The maximum atomic E-state index is 13.7. The highest BCUT2D eigenvalue weighted by Crippen LogP contribution is 2.39. The highest BCUT2D eigenvalue weighted by atomic mass is 32.1. The average Bonchev–Trinajstić information content (AvgIpc) is 3.24. The number of nitro groups is 1. The van der Waals surface area contributed by atoms with Gasteiger partial charge in [0.05, 0.1) is 23.1 Å². The number of nitrogens with two attached hydrogens (primary N) is 1. The van der Waals surface area contributed by atoms with Crippen LogP contribution in [-0.2, 0) is 38.6 Å². The van der Waals surface area contributed by atoms with Gasteiger partial charge in [0.2, 0.25) is 5.60 Å². The van der Waals surface area contributed by atoms with E-state index in [1.165, 1.54) is 29.5 Å². The third kappa shape index (κ3) is 3.53. The molecular formula is C21H21N3O7S. The SMILES string of the molecule is CC(C)(C)OC(=O)C1(C(=O)N2Cc3cccc([N+](=O)[O-])c3C2=O)Cc2cc(N)sc2CO1. The molecule has 1 atom stereocenters. The van der Waals surface area contributed by atoms with Gasteiger partial charge >= 0.3 is 5.97 Å². The number of rotatable bonds is 3. The molecule has 0 bridgehead atoms. The van der Waals surface area contributed by atoms with E-state index >= 15 is 0 Å². The van der Waals surface area contributed by atoms with Crippen molar-refractivity contribution in [2.24, 2.45) is 0 Å². The van der Waals surface area contributed by atoms with E-state index in [1.807, 2.05) is 0 Å². The number of benzene rings is 1. The normalized spacial score (nSPS) is 20.0. The molecule has 0 saturated heterocycles. The number of carbonyl (C=O) groups excluding carboxylic acids is 3. The number of amides is 2. The van der Waals surface area contributed by atoms with Crippen molar-refractivity contribution in [3.8, 4) is 0 Å². The van der Waals surface area contributed by atoms with E-state index in [0.29, 0.717) is 16.1 Å². The smallest absolute Gasteiger partial charge is 0.349 e. The van der Waals surface area contributed by atoms with Gasteiger partial charge in [0.15, 0.2) is 0 Å². The molecule has 2 aliphatic heterocycles. The Balaban J connectivity index is 1.75. The summed E-state index contributed by atoms with van der Waals surface area (Å²) in [6.07, 6.45) is -0.161. The molecule has 0 spiro atoms. The Morgan fingerprint density at radius 3 is 2.69 bits per heavy atom. The van der Waals surface area contributed by atoms with Crippen molar-refractivity contribution >= 4 is 39.8 Å². The van der Waals surface area contributed by atoms with Crippen LogP contribution in [0, 0.1) is 10.1 Å². The Bertz CT molecular complexity index is 1170. The summed E-state index contributed by atoms with van der Waals surface area (Å²) in [5.41, 5.74) is 3.28. The fourth-order valence-electron chi connectivity index (χ4n) is 3.86. The van der Waals surface area contributed by atoms with Gasteiger partial charge in [-0.1, -0.05) is 12.1 Å². The molecule has 10 nitrogen and oxygen atoms in total. The van der Waals surface area contributed by atoms with Crippen LogP contribution >= 0.6 is 11.3 Å². The number of anilines is 1. The molecule has 4 rings (SSSR count). The Morgan fingerprint density at radius 1 is 1.31 bits per heavy atom. The molecule has 0 radical (unpaired) electrons. The van der Waals surface area contributed by atoms with E-state index in [4.69, 9.17) is 15.2 Å². The minimum atomic E-state index is -2.11. The van der Waals surface area contributed by atoms with Crippen LogP contribution in [-0.4, -0.2) is 38.8 Å². The molecule has 32 heavy (non-hydrogen) atoms. The first kappa shape index (κ1) is 21.9. The number of esters is 1. The number of nitrogens with zero attached hydrogens (tertiary/aromatic N) is 2. The van der Waals surface area contributed by atoms with Crippen LogP contribution in [0.25, 0.3) is 0 Å². The van der Waals surface area contributed by atoms with E-state index in [-0.39, 0.29) is 25.1 Å². The second-order valence-electron chi connectivity index (χ2n) is 8.66. The van der Waals surface area contributed by atoms with E-state index in [1.54, 1.807) is 26.8 Å². The zero-order chi connectivity index (χ0) is 23.4. The number of imide groups is 1. The quantitative estimate of drug-likeness (QED) is 0.243. The summed E-state index contributed by atoms with van der Waals surface area (Å²) in [6, 6.07) is 5.85. The van der Waals surface area contributed by atoms with Gasteiger partial charge in [-0.25, -0.2) is 4.79 Å². The number of nitrogen functional groups attached to an aromatic ring is 1. The van der Waals surface area contributed by atoms with Crippen LogP contribution in [0.5, 0.6) is 0 Å². The van der Waals surface area contributed by atoms with Gasteiger partial charge in [0, 0.05) is 17.4 Å². The van der Waals surface area contributed by atoms with Crippen LogP contribution in [0.2, 0.25) is 0 Å². The van der Waals surface area contributed by atoms with Gasteiger partial charge < -0.3 is 15.2 Å². The fourth-order valence-corrected chi connectivity index (χ4v) is 4.73. The summed E-state index contributed by atoms with van der Waals surface area (Å²) in [4.78, 5) is 52.4. The lowest BCUT2D eigenvalue weighted by molar-refractivity contribution is -0.385. The molecule has 0 fully saturated rings. The van der Waals surface area contributed by atoms with Crippen LogP contribution in [0.15, 0.2) is 24.3 Å². The molecule has 3 heterocycles. The Kier molecular flexibility index (Phi) is 5.05. The van der Waals surface area contributed by atoms with Crippen LogP contribution in [0.3, 0.4) is 0 Å². The second kappa shape index (κ2) is 7.38. The number of hydrogen-bond acceptors (Lipinski definition) is 9. The molecule has 2 aliphatic rings. The molecule has 2 N–H and O–H groups in total. The summed E-state index contributed by atoms with van der Waals surface area (Å²) in [7, 11) is 0. The van der Waals surface area contributed by atoms with E-state index in [2.05, 4.69) is 0 Å². The summed E-state index contributed by atoms with van der Waals surface area (Å²) < 4.78 is 11.3. The maximum absolute atomic E-state index is 13.7. The van der Waals surface area contributed by atoms with Crippen molar-refractivity contribution in [2.45, 2.75) is 51.5 Å². The minimum absolute atomic E-state index is 0.0582.